The Balaban J connectivity index is 5.47. The number of hydrogen-bond donors (Lipinski definition) is 2. The summed E-state index contributed by atoms with van der Waals surface area (Å²) in [4.78, 5) is 0. The lowest BCUT2D eigenvalue weighted by Crippen LogP contribution is -2.52. The van der Waals surface area contributed by atoms with E-state index in [1.54, 1.807) is 0 Å². The summed E-state index contributed by atoms with van der Waals surface area (Å²) in [6, 6.07) is 0. The van der Waals surface area contributed by atoms with Crippen LogP contribution in [0.5, 0.6) is 0 Å². The predicted molar refractivity (Wildman–Crippen MR) is 94.3 cm³/mol. The van der Waals surface area contributed by atoms with Gasteiger partial charge in [0.1, 0.15) is 0 Å². The Morgan fingerprint density at radius 2 is 1.33 bits per heavy atom. The molecule has 0 unspecified atom stereocenters. The molecule has 2 heteroatoms. The van der Waals surface area contributed by atoms with Gasteiger partial charge in [0.05, 0.1) is 5.60 Å². The van der Waals surface area contributed by atoms with Gasteiger partial charge in [-0.05, 0) is 39.5 Å². The van der Waals surface area contributed by atoms with Crippen LogP contribution in [0.2, 0.25) is 0 Å². The van der Waals surface area contributed by atoms with E-state index in [0.29, 0.717) is 19.4 Å². The van der Waals surface area contributed by atoms with Crippen molar-refractivity contribution in [2.75, 3.05) is 6.54 Å². The SMILES string of the molecule is C/C=C/CC(O)(C/C=C/C)C(CN)(CCCC)CCCC. The molecule has 3 N–H and O–H groups in total. The van der Waals surface area contributed by atoms with E-state index in [1.807, 2.05) is 26.0 Å². The second-order valence-electron chi connectivity index (χ2n) is 6.27. The quantitative estimate of drug-likeness (QED) is 0.499. The first-order chi connectivity index (χ1) is 10.1. The summed E-state index contributed by atoms with van der Waals surface area (Å²) in [5.74, 6) is 0. The van der Waals surface area contributed by atoms with E-state index in [0.717, 1.165) is 38.5 Å². The molecule has 0 aromatic carbocycles. The third-order valence-electron chi connectivity index (χ3n) is 4.78. The summed E-state index contributed by atoms with van der Waals surface area (Å²) in [6.45, 7) is 9.01. The highest BCUT2D eigenvalue weighted by Gasteiger charge is 2.46. The van der Waals surface area contributed by atoms with Gasteiger partial charge in [0.25, 0.3) is 0 Å². The van der Waals surface area contributed by atoms with Crippen LogP contribution in [-0.4, -0.2) is 17.3 Å². The summed E-state index contributed by atoms with van der Waals surface area (Å²) in [5, 5.41) is 11.5. The zero-order valence-electron chi connectivity index (χ0n) is 14.7. The van der Waals surface area contributed by atoms with Gasteiger partial charge in [-0.2, -0.15) is 0 Å². The van der Waals surface area contributed by atoms with Crippen LogP contribution in [0.1, 0.15) is 79.1 Å². The molecule has 0 aliphatic rings. The van der Waals surface area contributed by atoms with Crippen molar-refractivity contribution in [3.63, 3.8) is 0 Å². The molecule has 0 aliphatic carbocycles. The molecule has 0 spiro atoms. The van der Waals surface area contributed by atoms with Gasteiger partial charge in [-0.1, -0.05) is 63.8 Å². The van der Waals surface area contributed by atoms with Crippen molar-refractivity contribution >= 4 is 0 Å². The normalized spacial score (nSPS) is 13.6. The molecule has 0 aliphatic heterocycles. The van der Waals surface area contributed by atoms with Gasteiger partial charge in [-0.3, -0.25) is 0 Å². The minimum Gasteiger partial charge on any atom is -0.389 e. The molecule has 0 atom stereocenters. The summed E-state index contributed by atoms with van der Waals surface area (Å²) in [7, 11) is 0. The minimum atomic E-state index is -0.731. The fraction of sp³-hybridized carbons (Fsp3) is 0.789. The van der Waals surface area contributed by atoms with Crippen LogP contribution < -0.4 is 5.73 Å². The third-order valence-corrected chi connectivity index (χ3v) is 4.78. The third kappa shape index (κ3) is 5.96. The Bertz CT molecular complexity index is 285. The lowest BCUT2D eigenvalue weighted by atomic mass is 9.63. The monoisotopic (exact) mass is 295 g/mol. The van der Waals surface area contributed by atoms with Crippen molar-refractivity contribution in [2.24, 2.45) is 11.1 Å². The number of nitrogens with two attached hydrogens (primary N) is 1. The van der Waals surface area contributed by atoms with Crippen molar-refractivity contribution in [3.05, 3.63) is 24.3 Å². The van der Waals surface area contributed by atoms with Gasteiger partial charge in [0, 0.05) is 12.0 Å². The highest BCUT2D eigenvalue weighted by molar-refractivity contribution is 5.07. The average molecular weight is 296 g/mol. The number of unbranched alkanes of at least 4 members (excludes halogenated alkanes) is 2. The Kier molecular flexibility index (Phi) is 10.7. The number of aliphatic hydroxyl groups is 1. The second kappa shape index (κ2) is 11.0. The van der Waals surface area contributed by atoms with Crippen LogP contribution in [0.4, 0.5) is 0 Å². The molecule has 0 heterocycles. The summed E-state index contributed by atoms with van der Waals surface area (Å²) in [6.07, 6.45) is 16.2. The molecule has 0 saturated heterocycles. The van der Waals surface area contributed by atoms with Crippen molar-refractivity contribution in [1.29, 1.82) is 0 Å². The maximum Gasteiger partial charge on any atom is 0.0784 e. The van der Waals surface area contributed by atoms with E-state index in [4.69, 9.17) is 5.73 Å². The second-order valence-corrected chi connectivity index (χ2v) is 6.27. The smallest absolute Gasteiger partial charge is 0.0784 e. The molecule has 2 nitrogen and oxygen atoms in total. The molecule has 0 aromatic heterocycles. The van der Waals surface area contributed by atoms with E-state index in [-0.39, 0.29) is 5.41 Å². The van der Waals surface area contributed by atoms with E-state index in [9.17, 15) is 5.11 Å². The van der Waals surface area contributed by atoms with Gasteiger partial charge >= 0.3 is 0 Å². The van der Waals surface area contributed by atoms with Crippen LogP contribution in [0, 0.1) is 5.41 Å². The lowest BCUT2D eigenvalue weighted by Gasteiger charge is -2.47. The minimum absolute atomic E-state index is 0.169. The van der Waals surface area contributed by atoms with E-state index < -0.39 is 5.60 Å². The van der Waals surface area contributed by atoms with Crippen LogP contribution in [0.3, 0.4) is 0 Å². The highest BCUT2D eigenvalue weighted by Crippen LogP contribution is 2.45. The first kappa shape index (κ1) is 20.4. The molecule has 0 amide bonds. The van der Waals surface area contributed by atoms with Gasteiger partial charge in [-0.15, -0.1) is 0 Å². The Labute approximate surface area is 132 Å². The number of rotatable bonds is 12. The largest absolute Gasteiger partial charge is 0.389 e. The molecular weight excluding hydrogens is 258 g/mol. The van der Waals surface area contributed by atoms with Crippen LogP contribution in [-0.2, 0) is 0 Å². The molecule has 21 heavy (non-hydrogen) atoms. The van der Waals surface area contributed by atoms with Crippen LogP contribution in [0.25, 0.3) is 0 Å². The molecule has 0 rings (SSSR count). The van der Waals surface area contributed by atoms with Crippen molar-refractivity contribution in [3.8, 4) is 0 Å². The Hall–Kier alpha value is -0.600. The van der Waals surface area contributed by atoms with Crippen LogP contribution in [0.15, 0.2) is 24.3 Å². The number of hydrogen-bond acceptors (Lipinski definition) is 2. The van der Waals surface area contributed by atoms with E-state index in [2.05, 4.69) is 26.0 Å². The fourth-order valence-corrected chi connectivity index (χ4v) is 3.16. The molecule has 0 saturated carbocycles. The summed E-state index contributed by atoms with van der Waals surface area (Å²) < 4.78 is 0. The zero-order valence-corrected chi connectivity index (χ0v) is 14.7. The lowest BCUT2D eigenvalue weighted by molar-refractivity contribution is -0.0880. The van der Waals surface area contributed by atoms with Crippen molar-refractivity contribution in [2.45, 2.75) is 84.7 Å². The number of allylic oxidation sites excluding steroid dienone is 2. The van der Waals surface area contributed by atoms with E-state index in [1.165, 1.54) is 0 Å². The van der Waals surface area contributed by atoms with Gasteiger partial charge in [-0.25, -0.2) is 0 Å². The predicted octanol–water partition coefficient (Wildman–Crippen LogP) is 4.98. The Morgan fingerprint density at radius 3 is 1.62 bits per heavy atom. The van der Waals surface area contributed by atoms with Crippen molar-refractivity contribution in [1.82, 2.24) is 0 Å². The maximum atomic E-state index is 11.5. The molecule has 0 aromatic rings. The van der Waals surface area contributed by atoms with E-state index >= 15 is 0 Å². The average Bonchev–Trinajstić information content (AvgIpc) is 2.51. The maximum absolute atomic E-state index is 11.5. The van der Waals surface area contributed by atoms with Gasteiger partial charge in [0.15, 0.2) is 0 Å². The topological polar surface area (TPSA) is 46.2 Å². The molecular formula is C19H37NO. The Morgan fingerprint density at radius 1 is 0.905 bits per heavy atom. The zero-order chi connectivity index (χ0) is 16.2. The molecule has 0 bridgehead atoms. The molecule has 0 fully saturated rings. The molecule has 0 radical (unpaired) electrons. The fourth-order valence-electron chi connectivity index (χ4n) is 3.16. The first-order valence-electron chi connectivity index (χ1n) is 8.70. The summed E-state index contributed by atoms with van der Waals surface area (Å²) >= 11 is 0. The van der Waals surface area contributed by atoms with Gasteiger partial charge < -0.3 is 10.8 Å². The molecule has 124 valence electrons. The first-order valence-corrected chi connectivity index (χ1v) is 8.70. The standard InChI is InChI=1S/C19H37NO/c1-5-9-13-18(17-20,14-10-6-2)19(21,15-11-7-3)16-12-8-4/h7-8,11-12,21H,5-6,9-10,13-17,20H2,1-4H3/b11-7+,12-8+. The van der Waals surface area contributed by atoms with Crippen LogP contribution >= 0.6 is 0 Å². The summed E-state index contributed by atoms with van der Waals surface area (Å²) in [5.41, 5.74) is 5.31. The van der Waals surface area contributed by atoms with Gasteiger partial charge in [0.2, 0.25) is 0 Å². The van der Waals surface area contributed by atoms with Crippen molar-refractivity contribution < 1.29 is 5.11 Å². The highest BCUT2D eigenvalue weighted by atomic mass is 16.3.